The Balaban J connectivity index is 1.28. The van der Waals surface area contributed by atoms with Crippen molar-refractivity contribution in [2.75, 3.05) is 39.9 Å². The second-order valence-corrected chi connectivity index (χ2v) is 8.53. The van der Waals surface area contributed by atoms with Gasteiger partial charge in [-0.3, -0.25) is 14.5 Å². The van der Waals surface area contributed by atoms with E-state index in [1.54, 1.807) is 0 Å². The summed E-state index contributed by atoms with van der Waals surface area (Å²) in [6.07, 6.45) is 5.37. The number of likely N-dealkylation sites (tertiary alicyclic amines) is 2. The Morgan fingerprint density at radius 1 is 1.17 bits per heavy atom. The van der Waals surface area contributed by atoms with Gasteiger partial charge in [0.2, 0.25) is 0 Å². The van der Waals surface area contributed by atoms with Crippen LogP contribution in [-0.4, -0.2) is 65.0 Å². The van der Waals surface area contributed by atoms with E-state index in [0.29, 0.717) is 5.54 Å². The minimum Gasteiger partial charge on any atom is -0.381 e. The zero-order valence-electron chi connectivity index (χ0n) is 15.5. The third-order valence-corrected chi connectivity index (χ3v) is 6.28. The molecule has 0 bridgehead atoms. The molecule has 5 nitrogen and oxygen atoms in total. The van der Waals surface area contributed by atoms with E-state index in [9.17, 15) is 0 Å². The van der Waals surface area contributed by atoms with Crippen molar-refractivity contribution in [1.82, 2.24) is 19.6 Å². The molecule has 3 fully saturated rings. The summed E-state index contributed by atoms with van der Waals surface area (Å²) < 4.78 is 8.02. The predicted octanol–water partition coefficient (Wildman–Crippen LogP) is 2.05. The Morgan fingerprint density at radius 3 is 2.58 bits per heavy atom. The Bertz CT molecular complexity index is 574. The van der Waals surface area contributed by atoms with Gasteiger partial charge in [0.25, 0.3) is 0 Å². The van der Waals surface area contributed by atoms with Gasteiger partial charge in [0.15, 0.2) is 0 Å². The number of hydrogen-bond acceptors (Lipinski definition) is 4. The van der Waals surface area contributed by atoms with Crippen LogP contribution in [0.4, 0.5) is 0 Å². The Labute approximate surface area is 145 Å². The lowest BCUT2D eigenvalue weighted by Crippen LogP contribution is -2.71. The van der Waals surface area contributed by atoms with Crippen LogP contribution in [0.3, 0.4) is 0 Å². The second-order valence-electron chi connectivity index (χ2n) is 8.53. The molecule has 1 aromatic rings. The third kappa shape index (κ3) is 3.39. The van der Waals surface area contributed by atoms with Crippen molar-refractivity contribution < 1.29 is 4.74 Å². The summed E-state index contributed by atoms with van der Waals surface area (Å²) in [4.78, 5) is 5.18. The van der Waals surface area contributed by atoms with Gasteiger partial charge < -0.3 is 4.74 Å². The van der Waals surface area contributed by atoms with Gasteiger partial charge in [-0.15, -0.1) is 0 Å². The third-order valence-electron chi connectivity index (χ3n) is 6.28. The molecule has 1 atom stereocenters. The van der Waals surface area contributed by atoms with Crippen molar-refractivity contribution in [2.24, 2.45) is 18.9 Å². The largest absolute Gasteiger partial charge is 0.381 e. The fourth-order valence-electron chi connectivity index (χ4n) is 4.55. The maximum Gasteiger partial charge on any atom is 0.0597 e. The summed E-state index contributed by atoms with van der Waals surface area (Å²) in [7, 11) is 4.37. The normalized spacial score (nSPS) is 27.5. The molecule has 1 saturated carbocycles. The first-order chi connectivity index (χ1) is 11.5. The standard InChI is InChI=1S/C19H32N4O/c1-15-8-18(22(3)20-15)10-23-13-19(14-23)9-17(6-7-21(19)2)12-24-11-16-4-5-16/h8,16-17H,4-7,9-14H2,1-3H3/t17-/m1/s1. The van der Waals surface area contributed by atoms with Crippen molar-refractivity contribution in [3.8, 4) is 0 Å². The highest BCUT2D eigenvalue weighted by Gasteiger charge is 2.49. The molecule has 5 heteroatoms. The van der Waals surface area contributed by atoms with Crippen molar-refractivity contribution in [1.29, 1.82) is 0 Å². The molecule has 0 amide bonds. The zero-order chi connectivity index (χ0) is 16.7. The first kappa shape index (κ1) is 16.6. The molecule has 1 spiro atoms. The van der Waals surface area contributed by atoms with Crippen LogP contribution >= 0.6 is 0 Å². The van der Waals surface area contributed by atoms with Crippen LogP contribution in [0.15, 0.2) is 6.07 Å². The van der Waals surface area contributed by atoms with Crippen LogP contribution in [0, 0.1) is 18.8 Å². The molecule has 0 unspecified atom stereocenters. The van der Waals surface area contributed by atoms with Crippen LogP contribution < -0.4 is 0 Å². The van der Waals surface area contributed by atoms with Gasteiger partial charge in [0.05, 0.1) is 11.4 Å². The molecule has 3 heterocycles. The van der Waals surface area contributed by atoms with E-state index in [-0.39, 0.29) is 0 Å². The monoisotopic (exact) mass is 332 g/mol. The lowest BCUT2D eigenvalue weighted by Gasteiger charge is -2.58. The molecule has 0 N–H and O–H groups in total. The highest BCUT2D eigenvalue weighted by atomic mass is 16.5. The molecule has 4 rings (SSSR count). The molecule has 24 heavy (non-hydrogen) atoms. The van der Waals surface area contributed by atoms with Gasteiger partial charge in [-0.2, -0.15) is 5.10 Å². The number of aromatic nitrogens is 2. The smallest absolute Gasteiger partial charge is 0.0597 e. The fourth-order valence-corrected chi connectivity index (χ4v) is 4.55. The van der Waals surface area contributed by atoms with E-state index < -0.39 is 0 Å². The molecule has 3 aliphatic rings. The highest BCUT2D eigenvalue weighted by Crippen LogP contribution is 2.39. The summed E-state index contributed by atoms with van der Waals surface area (Å²) in [5.74, 6) is 1.63. The minimum absolute atomic E-state index is 0.388. The van der Waals surface area contributed by atoms with Gasteiger partial charge in [0, 0.05) is 45.4 Å². The topological polar surface area (TPSA) is 33.5 Å². The lowest BCUT2D eigenvalue weighted by atomic mass is 9.75. The second kappa shape index (κ2) is 6.43. The minimum atomic E-state index is 0.388. The van der Waals surface area contributed by atoms with Crippen LogP contribution in [0.2, 0.25) is 0 Å². The van der Waals surface area contributed by atoms with E-state index in [0.717, 1.165) is 37.3 Å². The number of ether oxygens (including phenoxy) is 1. The van der Waals surface area contributed by atoms with Crippen LogP contribution in [0.1, 0.15) is 37.1 Å². The van der Waals surface area contributed by atoms with Crippen molar-refractivity contribution in [2.45, 2.75) is 44.7 Å². The predicted molar refractivity (Wildman–Crippen MR) is 94.9 cm³/mol. The Kier molecular flexibility index (Phi) is 4.43. The van der Waals surface area contributed by atoms with Crippen molar-refractivity contribution in [3.05, 3.63) is 17.5 Å². The van der Waals surface area contributed by atoms with Gasteiger partial charge in [0.1, 0.15) is 0 Å². The first-order valence-electron chi connectivity index (χ1n) is 9.55. The molecular weight excluding hydrogens is 300 g/mol. The van der Waals surface area contributed by atoms with Crippen LogP contribution in [-0.2, 0) is 18.3 Å². The maximum atomic E-state index is 5.99. The molecule has 0 aromatic carbocycles. The van der Waals surface area contributed by atoms with E-state index in [1.807, 2.05) is 4.68 Å². The lowest BCUT2D eigenvalue weighted by molar-refractivity contribution is -0.0936. The number of hydrogen-bond donors (Lipinski definition) is 0. The molecule has 134 valence electrons. The maximum absolute atomic E-state index is 5.99. The van der Waals surface area contributed by atoms with Crippen LogP contribution in [0.5, 0.6) is 0 Å². The zero-order valence-corrected chi connectivity index (χ0v) is 15.5. The number of likely N-dealkylation sites (N-methyl/N-ethyl adjacent to an activating group) is 1. The molecule has 2 aliphatic heterocycles. The van der Waals surface area contributed by atoms with E-state index in [1.165, 1.54) is 51.0 Å². The molecule has 2 saturated heterocycles. The average molecular weight is 332 g/mol. The molecule has 1 aromatic heterocycles. The quantitative estimate of drug-likeness (QED) is 0.798. The van der Waals surface area contributed by atoms with Crippen molar-refractivity contribution in [3.63, 3.8) is 0 Å². The van der Waals surface area contributed by atoms with Gasteiger partial charge in [-0.05, 0) is 64.1 Å². The number of nitrogens with zero attached hydrogens (tertiary/aromatic N) is 4. The molecule has 1 aliphatic carbocycles. The summed E-state index contributed by atoms with van der Waals surface area (Å²) in [5.41, 5.74) is 2.83. The van der Waals surface area contributed by atoms with E-state index >= 15 is 0 Å². The Morgan fingerprint density at radius 2 is 1.92 bits per heavy atom. The fraction of sp³-hybridized carbons (Fsp3) is 0.842. The summed E-state index contributed by atoms with van der Waals surface area (Å²) in [5, 5.41) is 4.47. The van der Waals surface area contributed by atoms with E-state index in [2.05, 4.69) is 42.0 Å². The highest BCUT2D eigenvalue weighted by molar-refractivity contribution is 5.12. The summed E-state index contributed by atoms with van der Waals surface area (Å²) in [6.45, 7) is 8.67. The number of piperidine rings is 1. The van der Waals surface area contributed by atoms with Gasteiger partial charge >= 0.3 is 0 Å². The van der Waals surface area contributed by atoms with Crippen LogP contribution in [0.25, 0.3) is 0 Å². The van der Waals surface area contributed by atoms with Crippen molar-refractivity contribution >= 4 is 0 Å². The first-order valence-corrected chi connectivity index (χ1v) is 9.55. The molecular formula is C19H32N4O. The number of aryl methyl sites for hydroxylation is 2. The molecule has 0 radical (unpaired) electrons. The summed E-state index contributed by atoms with van der Waals surface area (Å²) >= 11 is 0. The SMILES string of the molecule is Cc1cc(CN2CC3(C[C@H](COCC4CC4)CCN3C)C2)n(C)n1. The average Bonchev–Trinajstić information content (AvgIpc) is 3.26. The summed E-state index contributed by atoms with van der Waals surface area (Å²) in [6, 6.07) is 2.21. The van der Waals surface area contributed by atoms with Gasteiger partial charge in [-0.1, -0.05) is 0 Å². The van der Waals surface area contributed by atoms with Gasteiger partial charge in [-0.25, -0.2) is 0 Å². The van der Waals surface area contributed by atoms with E-state index in [4.69, 9.17) is 4.74 Å². The number of rotatable bonds is 6. The Hall–Kier alpha value is -0.910.